The van der Waals surface area contributed by atoms with Gasteiger partial charge in [-0.25, -0.2) is 4.79 Å². The van der Waals surface area contributed by atoms with E-state index in [9.17, 15) is 4.79 Å². The first-order chi connectivity index (χ1) is 9.24. The summed E-state index contributed by atoms with van der Waals surface area (Å²) < 4.78 is 10.4. The Morgan fingerprint density at radius 2 is 2.47 bits per heavy atom. The van der Waals surface area contributed by atoms with E-state index in [1.54, 1.807) is 18.1 Å². The summed E-state index contributed by atoms with van der Waals surface area (Å²) in [5.74, 6) is 0.704. The fourth-order valence-electron chi connectivity index (χ4n) is 2.01. The van der Waals surface area contributed by atoms with Crippen LogP contribution in [0.4, 0.5) is 10.5 Å². The smallest absolute Gasteiger partial charge is 0.322 e. The third kappa shape index (κ3) is 3.36. The van der Waals surface area contributed by atoms with Gasteiger partial charge in [-0.3, -0.25) is 0 Å². The molecule has 1 saturated heterocycles. The number of urea groups is 1. The molecule has 2 rings (SSSR count). The Hall–Kier alpha value is -1.79. The van der Waals surface area contributed by atoms with Crippen molar-refractivity contribution in [3.8, 4) is 5.75 Å². The summed E-state index contributed by atoms with van der Waals surface area (Å²) in [5, 5.41) is 2.85. The molecule has 3 N–H and O–H groups in total. The van der Waals surface area contributed by atoms with Crippen LogP contribution < -0.4 is 15.8 Å². The van der Waals surface area contributed by atoms with Crippen molar-refractivity contribution in [2.24, 2.45) is 5.73 Å². The molecule has 6 nitrogen and oxygen atoms in total. The number of nitrogens with one attached hydrogen (secondary N) is 1. The van der Waals surface area contributed by atoms with Crippen molar-refractivity contribution in [1.29, 1.82) is 0 Å². The Kier molecular flexibility index (Phi) is 4.59. The standard InChI is InChI=1S/C13H19N3O3/c1-18-12-4-2-3-10(7-12)15-13(17)16-5-6-19-9-11(16)8-14/h2-4,7,11H,5-6,8-9,14H2,1H3,(H,15,17). The van der Waals surface area contributed by atoms with Crippen molar-refractivity contribution < 1.29 is 14.3 Å². The lowest BCUT2D eigenvalue weighted by Gasteiger charge is -2.34. The van der Waals surface area contributed by atoms with Crippen LogP contribution in [-0.4, -0.2) is 50.4 Å². The average Bonchev–Trinajstić information content (AvgIpc) is 2.47. The minimum atomic E-state index is -0.160. The molecule has 2 amide bonds. The number of nitrogens with two attached hydrogens (primary N) is 1. The number of benzene rings is 1. The van der Waals surface area contributed by atoms with Gasteiger partial charge in [-0.15, -0.1) is 0 Å². The van der Waals surface area contributed by atoms with E-state index in [1.807, 2.05) is 18.2 Å². The second kappa shape index (κ2) is 6.40. The van der Waals surface area contributed by atoms with Gasteiger partial charge in [0.25, 0.3) is 0 Å². The Morgan fingerprint density at radius 3 is 3.21 bits per heavy atom. The molecule has 1 aliphatic heterocycles. The number of anilines is 1. The largest absolute Gasteiger partial charge is 0.497 e. The van der Waals surface area contributed by atoms with Gasteiger partial charge >= 0.3 is 6.03 Å². The van der Waals surface area contributed by atoms with Crippen LogP contribution in [0.3, 0.4) is 0 Å². The Morgan fingerprint density at radius 1 is 1.63 bits per heavy atom. The number of rotatable bonds is 3. The molecule has 1 aromatic rings. The minimum Gasteiger partial charge on any atom is -0.497 e. The number of hydrogen-bond acceptors (Lipinski definition) is 4. The molecule has 1 fully saturated rings. The average molecular weight is 265 g/mol. The zero-order valence-electron chi connectivity index (χ0n) is 11.0. The van der Waals surface area contributed by atoms with E-state index in [-0.39, 0.29) is 12.1 Å². The van der Waals surface area contributed by atoms with Crippen LogP contribution in [0, 0.1) is 0 Å². The molecule has 0 radical (unpaired) electrons. The maximum atomic E-state index is 12.2. The van der Waals surface area contributed by atoms with E-state index in [0.29, 0.717) is 37.7 Å². The Bertz CT molecular complexity index is 439. The molecular weight excluding hydrogens is 246 g/mol. The second-order valence-corrected chi connectivity index (χ2v) is 4.32. The van der Waals surface area contributed by atoms with E-state index >= 15 is 0 Å². The summed E-state index contributed by atoms with van der Waals surface area (Å²) in [6.45, 7) is 1.98. The van der Waals surface area contributed by atoms with E-state index in [1.165, 1.54) is 0 Å². The molecule has 19 heavy (non-hydrogen) atoms. The third-order valence-corrected chi connectivity index (χ3v) is 3.08. The molecule has 6 heteroatoms. The van der Waals surface area contributed by atoms with Gasteiger partial charge < -0.3 is 25.4 Å². The van der Waals surface area contributed by atoms with Crippen LogP contribution in [0.2, 0.25) is 0 Å². The van der Waals surface area contributed by atoms with Crippen LogP contribution in [0.25, 0.3) is 0 Å². The lowest BCUT2D eigenvalue weighted by Crippen LogP contribution is -2.53. The summed E-state index contributed by atoms with van der Waals surface area (Å²) in [5.41, 5.74) is 6.35. The van der Waals surface area contributed by atoms with Crippen molar-refractivity contribution in [3.63, 3.8) is 0 Å². The van der Waals surface area contributed by atoms with Crippen LogP contribution in [0.5, 0.6) is 5.75 Å². The number of nitrogens with zero attached hydrogens (tertiary/aromatic N) is 1. The van der Waals surface area contributed by atoms with Crippen LogP contribution in [0.1, 0.15) is 0 Å². The normalized spacial score (nSPS) is 19.1. The molecule has 1 heterocycles. The number of carbonyl (C=O) groups excluding carboxylic acids is 1. The first kappa shape index (κ1) is 13.6. The highest BCUT2D eigenvalue weighted by molar-refractivity contribution is 5.89. The van der Waals surface area contributed by atoms with Crippen molar-refractivity contribution in [2.75, 3.05) is 38.7 Å². The number of methoxy groups -OCH3 is 1. The number of carbonyl (C=O) groups is 1. The molecule has 0 spiro atoms. The lowest BCUT2D eigenvalue weighted by molar-refractivity contribution is 0.0188. The van der Waals surface area contributed by atoms with Gasteiger partial charge in [-0.1, -0.05) is 6.07 Å². The number of ether oxygens (including phenoxy) is 2. The first-order valence-electron chi connectivity index (χ1n) is 6.24. The molecule has 0 aromatic heterocycles. The van der Waals surface area contributed by atoms with Crippen molar-refractivity contribution in [2.45, 2.75) is 6.04 Å². The summed E-state index contributed by atoms with van der Waals surface area (Å²) in [6.07, 6.45) is 0. The molecule has 1 unspecified atom stereocenters. The SMILES string of the molecule is COc1cccc(NC(=O)N2CCOCC2CN)c1. The van der Waals surface area contributed by atoms with Crippen molar-refractivity contribution >= 4 is 11.7 Å². The monoisotopic (exact) mass is 265 g/mol. The summed E-state index contributed by atoms with van der Waals surface area (Å²) in [6, 6.07) is 7.02. The van der Waals surface area contributed by atoms with E-state index in [2.05, 4.69) is 5.32 Å². The highest BCUT2D eigenvalue weighted by Gasteiger charge is 2.26. The highest BCUT2D eigenvalue weighted by Crippen LogP contribution is 2.18. The maximum absolute atomic E-state index is 12.2. The molecular formula is C13H19N3O3. The topological polar surface area (TPSA) is 76.8 Å². The van der Waals surface area contributed by atoms with E-state index < -0.39 is 0 Å². The summed E-state index contributed by atoms with van der Waals surface area (Å²) >= 11 is 0. The van der Waals surface area contributed by atoms with Crippen LogP contribution >= 0.6 is 0 Å². The van der Waals surface area contributed by atoms with Gasteiger partial charge in [0.2, 0.25) is 0 Å². The predicted octanol–water partition coefficient (Wildman–Crippen LogP) is 0.887. The van der Waals surface area contributed by atoms with Gasteiger partial charge in [-0.2, -0.15) is 0 Å². The van der Waals surface area contributed by atoms with Gasteiger partial charge in [0.15, 0.2) is 0 Å². The van der Waals surface area contributed by atoms with Crippen LogP contribution in [-0.2, 0) is 4.74 Å². The lowest BCUT2D eigenvalue weighted by atomic mass is 10.2. The van der Waals surface area contributed by atoms with Gasteiger partial charge in [-0.05, 0) is 12.1 Å². The molecule has 1 atom stereocenters. The number of amides is 2. The quantitative estimate of drug-likeness (QED) is 0.850. The zero-order valence-corrected chi connectivity index (χ0v) is 11.0. The molecule has 1 aliphatic rings. The maximum Gasteiger partial charge on any atom is 0.322 e. The second-order valence-electron chi connectivity index (χ2n) is 4.32. The van der Waals surface area contributed by atoms with E-state index in [0.717, 1.165) is 0 Å². The fourth-order valence-corrected chi connectivity index (χ4v) is 2.01. The van der Waals surface area contributed by atoms with Crippen molar-refractivity contribution in [1.82, 2.24) is 4.90 Å². The Labute approximate surface area is 112 Å². The fraction of sp³-hybridized carbons (Fsp3) is 0.462. The summed E-state index contributed by atoms with van der Waals surface area (Å²) in [4.78, 5) is 13.9. The van der Waals surface area contributed by atoms with Gasteiger partial charge in [0.1, 0.15) is 5.75 Å². The molecule has 0 aliphatic carbocycles. The first-order valence-corrected chi connectivity index (χ1v) is 6.24. The van der Waals surface area contributed by atoms with Crippen LogP contribution in [0.15, 0.2) is 24.3 Å². The highest BCUT2D eigenvalue weighted by atomic mass is 16.5. The third-order valence-electron chi connectivity index (χ3n) is 3.08. The minimum absolute atomic E-state index is 0.0700. The molecule has 0 saturated carbocycles. The number of morpholine rings is 1. The van der Waals surface area contributed by atoms with Crippen molar-refractivity contribution in [3.05, 3.63) is 24.3 Å². The Balaban J connectivity index is 2.02. The summed E-state index contributed by atoms with van der Waals surface area (Å²) in [7, 11) is 1.59. The van der Waals surface area contributed by atoms with Gasteiger partial charge in [0.05, 0.1) is 26.4 Å². The van der Waals surface area contributed by atoms with E-state index in [4.69, 9.17) is 15.2 Å². The molecule has 104 valence electrons. The predicted molar refractivity (Wildman–Crippen MR) is 72.4 cm³/mol. The molecule has 1 aromatic carbocycles. The number of hydrogen-bond donors (Lipinski definition) is 2. The van der Waals surface area contributed by atoms with Gasteiger partial charge in [0, 0.05) is 24.8 Å². The zero-order chi connectivity index (χ0) is 13.7. The molecule has 0 bridgehead atoms.